The van der Waals surface area contributed by atoms with Crippen LogP contribution in [-0.4, -0.2) is 28.9 Å². The SMILES string of the molecule is CCC(C)CN(CC)C(=O)c1ncccc1Br. The van der Waals surface area contributed by atoms with Gasteiger partial charge in [-0.1, -0.05) is 20.3 Å². The Morgan fingerprint density at radius 1 is 1.53 bits per heavy atom. The van der Waals surface area contributed by atoms with Crippen LogP contribution in [-0.2, 0) is 0 Å². The molecule has 0 aliphatic carbocycles. The number of carbonyl (C=O) groups is 1. The lowest BCUT2D eigenvalue weighted by molar-refractivity contribution is 0.0734. The quantitative estimate of drug-likeness (QED) is 0.835. The smallest absolute Gasteiger partial charge is 0.273 e. The third-order valence-corrected chi connectivity index (χ3v) is 3.50. The molecule has 1 amide bonds. The van der Waals surface area contributed by atoms with Gasteiger partial charge in [0.25, 0.3) is 5.91 Å². The fourth-order valence-electron chi connectivity index (χ4n) is 1.55. The van der Waals surface area contributed by atoms with E-state index in [4.69, 9.17) is 0 Å². The van der Waals surface area contributed by atoms with E-state index in [1.165, 1.54) is 0 Å². The third kappa shape index (κ3) is 3.80. The summed E-state index contributed by atoms with van der Waals surface area (Å²) in [5.74, 6) is 0.515. The van der Waals surface area contributed by atoms with Gasteiger partial charge in [0.15, 0.2) is 0 Å². The summed E-state index contributed by atoms with van der Waals surface area (Å²) in [4.78, 5) is 18.3. The standard InChI is InChI=1S/C13H19BrN2O/c1-4-10(3)9-16(5-2)13(17)12-11(14)7-6-8-15-12/h6-8,10H,4-5,9H2,1-3H3. The molecule has 3 nitrogen and oxygen atoms in total. The highest BCUT2D eigenvalue weighted by atomic mass is 79.9. The van der Waals surface area contributed by atoms with Gasteiger partial charge in [0.05, 0.1) is 0 Å². The largest absolute Gasteiger partial charge is 0.337 e. The third-order valence-electron chi connectivity index (χ3n) is 2.86. The number of hydrogen-bond acceptors (Lipinski definition) is 2. The number of pyridine rings is 1. The Kier molecular flexibility index (Phi) is 5.62. The molecule has 1 aromatic heterocycles. The summed E-state index contributed by atoms with van der Waals surface area (Å²) in [5.41, 5.74) is 0.498. The molecule has 0 fully saturated rings. The van der Waals surface area contributed by atoms with Crippen molar-refractivity contribution in [3.63, 3.8) is 0 Å². The Morgan fingerprint density at radius 2 is 2.24 bits per heavy atom. The fourth-order valence-corrected chi connectivity index (χ4v) is 1.98. The van der Waals surface area contributed by atoms with E-state index in [9.17, 15) is 4.79 Å². The maximum absolute atomic E-state index is 12.3. The normalized spacial score (nSPS) is 12.2. The molecule has 0 aliphatic heterocycles. The topological polar surface area (TPSA) is 33.2 Å². The van der Waals surface area contributed by atoms with Crippen LogP contribution in [0.3, 0.4) is 0 Å². The van der Waals surface area contributed by atoms with Crippen LogP contribution in [0.5, 0.6) is 0 Å². The lowest BCUT2D eigenvalue weighted by atomic mass is 10.1. The van der Waals surface area contributed by atoms with Gasteiger partial charge in [-0.3, -0.25) is 4.79 Å². The predicted molar refractivity (Wildman–Crippen MR) is 73.0 cm³/mol. The molecule has 0 N–H and O–H groups in total. The van der Waals surface area contributed by atoms with Gasteiger partial charge in [-0.15, -0.1) is 0 Å². The summed E-state index contributed by atoms with van der Waals surface area (Å²) in [5, 5.41) is 0. The number of carbonyl (C=O) groups excluding carboxylic acids is 1. The lowest BCUT2D eigenvalue weighted by Crippen LogP contribution is -2.35. The highest BCUT2D eigenvalue weighted by Crippen LogP contribution is 2.16. The van der Waals surface area contributed by atoms with Crippen LogP contribution in [0.25, 0.3) is 0 Å². The van der Waals surface area contributed by atoms with Crippen molar-refractivity contribution in [1.82, 2.24) is 9.88 Å². The minimum Gasteiger partial charge on any atom is -0.337 e. The lowest BCUT2D eigenvalue weighted by Gasteiger charge is -2.24. The summed E-state index contributed by atoms with van der Waals surface area (Å²) in [7, 11) is 0. The van der Waals surface area contributed by atoms with Crippen molar-refractivity contribution in [2.75, 3.05) is 13.1 Å². The van der Waals surface area contributed by atoms with E-state index >= 15 is 0 Å². The Hall–Kier alpha value is -0.900. The van der Waals surface area contributed by atoms with Crippen LogP contribution in [0.4, 0.5) is 0 Å². The molecule has 94 valence electrons. The van der Waals surface area contributed by atoms with Gasteiger partial charge in [-0.25, -0.2) is 4.98 Å². The van der Waals surface area contributed by atoms with E-state index in [2.05, 4.69) is 34.8 Å². The van der Waals surface area contributed by atoms with Crippen molar-refractivity contribution in [3.05, 3.63) is 28.5 Å². The molecule has 4 heteroatoms. The van der Waals surface area contributed by atoms with Gasteiger partial charge in [-0.05, 0) is 40.9 Å². The van der Waals surface area contributed by atoms with Gasteiger partial charge >= 0.3 is 0 Å². The molecule has 1 rings (SSSR count). The van der Waals surface area contributed by atoms with Crippen LogP contribution in [0, 0.1) is 5.92 Å². The number of hydrogen-bond donors (Lipinski definition) is 0. The van der Waals surface area contributed by atoms with E-state index in [0.717, 1.165) is 17.4 Å². The first-order chi connectivity index (χ1) is 8.10. The maximum atomic E-state index is 12.3. The molecule has 0 saturated heterocycles. The van der Waals surface area contributed by atoms with Gasteiger partial charge < -0.3 is 4.90 Å². The van der Waals surface area contributed by atoms with E-state index in [1.807, 2.05) is 24.0 Å². The molecule has 0 radical (unpaired) electrons. The maximum Gasteiger partial charge on any atom is 0.273 e. The van der Waals surface area contributed by atoms with Crippen molar-refractivity contribution in [2.24, 2.45) is 5.92 Å². The molecular formula is C13H19BrN2O. The van der Waals surface area contributed by atoms with Crippen LogP contribution in [0.15, 0.2) is 22.8 Å². The summed E-state index contributed by atoms with van der Waals surface area (Å²) in [6.07, 6.45) is 2.72. The van der Waals surface area contributed by atoms with E-state index in [-0.39, 0.29) is 5.91 Å². The number of aromatic nitrogens is 1. The Balaban J connectivity index is 2.83. The van der Waals surface area contributed by atoms with Crippen LogP contribution < -0.4 is 0 Å². The van der Waals surface area contributed by atoms with E-state index < -0.39 is 0 Å². The molecule has 0 aliphatic rings. The zero-order chi connectivity index (χ0) is 12.8. The summed E-state index contributed by atoms with van der Waals surface area (Å²) in [6.45, 7) is 7.79. The summed E-state index contributed by atoms with van der Waals surface area (Å²) in [6, 6.07) is 3.66. The first-order valence-corrected chi connectivity index (χ1v) is 6.79. The average Bonchev–Trinajstić information content (AvgIpc) is 2.35. The zero-order valence-electron chi connectivity index (χ0n) is 10.6. The van der Waals surface area contributed by atoms with Crippen molar-refractivity contribution in [1.29, 1.82) is 0 Å². The highest BCUT2D eigenvalue weighted by Gasteiger charge is 2.19. The molecule has 17 heavy (non-hydrogen) atoms. The average molecular weight is 299 g/mol. The van der Waals surface area contributed by atoms with Crippen LogP contribution in [0.2, 0.25) is 0 Å². The van der Waals surface area contributed by atoms with Gasteiger partial charge in [0, 0.05) is 23.8 Å². The van der Waals surface area contributed by atoms with Gasteiger partial charge in [0.2, 0.25) is 0 Å². The Bertz CT molecular complexity index is 381. The van der Waals surface area contributed by atoms with E-state index in [1.54, 1.807) is 6.20 Å². The molecule has 0 spiro atoms. The second-order valence-electron chi connectivity index (χ2n) is 4.19. The highest BCUT2D eigenvalue weighted by molar-refractivity contribution is 9.10. The monoisotopic (exact) mass is 298 g/mol. The molecule has 0 bridgehead atoms. The minimum atomic E-state index is 0.000255. The van der Waals surface area contributed by atoms with E-state index in [0.29, 0.717) is 18.2 Å². The Morgan fingerprint density at radius 3 is 2.76 bits per heavy atom. The molecule has 0 aromatic carbocycles. The number of rotatable bonds is 5. The first kappa shape index (κ1) is 14.2. The van der Waals surface area contributed by atoms with Crippen LogP contribution in [0.1, 0.15) is 37.7 Å². The molecule has 1 atom stereocenters. The first-order valence-electron chi connectivity index (χ1n) is 5.99. The zero-order valence-corrected chi connectivity index (χ0v) is 12.2. The predicted octanol–water partition coefficient (Wildman–Crippen LogP) is 3.35. The van der Waals surface area contributed by atoms with Crippen LogP contribution >= 0.6 is 15.9 Å². The number of amides is 1. The second-order valence-corrected chi connectivity index (χ2v) is 5.05. The molecule has 1 heterocycles. The second kappa shape index (κ2) is 6.74. The van der Waals surface area contributed by atoms with Crippen molar-refractivity contribution in [2.45, 2.75) is 27.2 Å². The minimum absolute atomic E-state index is 0.000255. The molecule has 0 saturated carbocycles. The number of halogens is 1. The van der Waals surface area contributed by atoms with Gasteiger partial charge in [0.1, 0.15) is 5.69 Å². The molecule has 1 unspecified atom stereocenters. The molecule has 1 aromatic rings. The van der Waals surface area contributed by atoms with Crippen molar-refractivity contribution >= 4 is 21.8 Å². The Labute approximate surface area is 111 Å². The number of nitrogens with zero attached hydrogens (tertiary/aromatic N) is 2. The summed E-state index contributed by atoms with van der Waals surface area (Å²) < 4.78 is 0.757. The molecular weight excluding hydrogens is 280 g/mol. The van der Waals surface area contributed by atoms with Crippen molar-refractivity contribution in [3.8, 4) is 0 Å². The van der Waals surface area contributed by atoms with Crippen molar-refractivity contribution < 1.29 is 4.79 Å². The van der Waals surface area contributed by atoms with Gasteiger partial charge in [-0.2, -0.15) is 0 Å². The summed E-state index contributed by atoms with van der Waals surface area (Å²) >= 11 is 3.37. The fraction of sp³-hybridized carbons (Fsp3) is 0.538.